The summed E-state index contributed by atoms with van der Waals surface area (Å²) in [4.78, 5) is 21.1. The number of nitrogens with one attached hydrogen (secondary N) is 2. The third-order valence-corrected chi connectivity index (χ3v) is 4.66. The van der Waals surface area contributed by atoms with Crippen LogP contribution in [-0.4, -0.2) is 41.6 Å². The van der Waals surface area contributed by atoms with Gasteiger partial charge in [0.05, 0.1) is 12.6 Å². The van der Waals surface area contributed by atoms with Crippen LogP contribution in [0, 0.1) is 5.82 Å². The number of ether oxygens (including phenoxy) is 1. The molecule has 1 amide bonds. The number of aromatic nitrogens is 2. The Labute approximate surface area is 164 Å². The third kappa shape index (κ3) is 4.68. The third-order valence-electron chi connectivity index (χ3n) is 4.66. The molecule has 0 bridgehead atoms. The van der Waals surface area contributed by atoms with E-state index in [1.165, 1.54) is 13.3 Å². The number of carbonyl (C=O) groups is 1. The molecule has 2 N–H and O–H groups in total. The molecule has 0 unspecified atom stereocenters. The Morgan fingerprint density at radius 2 is 2.11 bits per heavy atom. The maximum Gasteiger partial charge on any atom is 0.217 e. The van der Waals surface area contributed by atoms with Gasteiger partial charge >= 0.3 is 0 Å². The number of nitrogens with zero attached hydrogens (tertiary/aromatic N) is 3. The minimum Gasteiger partial charge on any atom is -0.489 e. The maximum atomic E-state index is 14.6. The van der Waals surface area contributed by atoms with E-state index in [1.54, 1.807) is 0 Å². The van der Waals surface area contributed by atoms with Crippen LogP contribution in [0.4, 0.5) is 16.0 Å². The van der Waals surface area contributed by atoms with Crippen molar-refractivity contribution in [3.63, 3.8) is 0 Å². The molecule has 0 aliphatic carbocycles. The van der Waals surface area contributed by atoms with Gasteiger partial charge in [-0.2, -0.15) is 4.39 Å². The molecule has 0 radical (unpaired) electrons. The zero-order valence-corrected chi connectivity index (χ0v) is 16.4. The summed E-state index contributed by atoms with van der Waals surface area (Å²) in [5.74, 6) is 0.786. The van der Waals surface area contributed by atoms with Gasteiger partial charge in [0.15, 0.2) is 11.6 Å². The first kappa shape index (κ1) is 19.9. The molecule has 1 aromatic heterocycles. The minimum atomic E-state index is -0.429. The summed E-state index contributed by atoms with van der Waals surface area (Å²) >= 11 is 0. The Morgan fingerprint density at radius 3 is 2.79 bits per heavy atom. The van der Waals surface area contributed by atoms with Crippen molar-refractivity contribution in [2.24, 2.45) is 0 Å². The number of halogens is 1. The largest absolute Gasteiger partial charge is 0.489 e. The molecule has 8 heteroatoms. The molecule has 150 valence electrons. The van der Waals surface area contributed by atoms with Gasteiger partial charge in [-0.05, 0) is 31.5 Å². The average molecular weight is 387 g/mol. The van der Waals surface area contributed by atoms with Crippen molar-refractivity contribution in [2.75, 3.05) is 29.9 Å². The second-order valence-corrected chi connectivity index (χ2v) is 6.86. The Balaban J connectivity index is 1.61. The highest BCUT2D eigenvalue weighted by Crippen LogP contribution is 2.27. The monoisotopic (exact) mass is 387 g/mol. The molecule has 2 atom stereocenters. The zero-order chi connectivity index (χ0) is 20.1. The van der Waals surface area contributed by atoms with Crippen LogP contribution in [0.25, 0.3) is 0 Å². The van der Waals surface area contributed by atoms with E-state index in [2.05, 4.69) is 20.6 Å². The first-order valence-electron chi connectivity index (χ1n) is 9.51. The molecule has 0 spiro atoms. The predicted octanol–water partition coefficient (Wildman–Crippen LogP) is 2.90. The van der Waals surface area contributed by atoms with Crippen LogP contribution in [-0.2, 0) is 4.79 Å². The van der Waals surface area contributed by atoms with Crippen LogP contribution in [0.1, 0.15) is 38.8 Å². The van der Waals surface area contributed by atoms with Gasteiger partial charge in [-0.1, -0.05) is 12.1 Å². The van der Waals surface area contributed by atoms with Gasteiger partial charge in [0.1, 0.15) is 18.2 Å². The van der Waals surface area contributed by atoms with E-state index in [0.717, 1.165) is 17.7 Å². The molecule has 3 rings (SSSR count). The van der Waals surface area contributed by atoms with Gasteiger partial charge in [-0.3, -0.25) is 4.79 Å². The number of benzene rings is 1. The maximum absolute atomic E-state index is 14.6. The van der Waals surface area contributed by atoms with Crippen molar-refractivity contribution in [3.05, 3.63) is 42.0 Å². The summed E-state index contributed by atoms with van der Waals surface area (Å²) in [6, 6.07) is 7.61. The lowest BCUT2D eigenvalue weighted by molar-refractivity contribution is -0.119. The Morgan fingerprint density at radius 1 is 1.36 bits per heavy atom. The SMILES string of the molecule is CCNc1ncnc(N2CC[C@@H](Oc3ccc([C@H](C)NC(C)=O)cc3)C2)c1F. The number of anilines is 2. The highest BCUT2D eigenvalue weighted by Gasteiger charge is 2.28. The summed E-state index contributed by atoms with van der Waals surface area (Å²) < 4.78 is 20.6. The Hall–Kier alpha value is -2.90. The highest BCUT2D eigenvalue weighted by molar-refractivity contribution is 5.73. The van der Waals surface area contributed by atoms with E-state index < -0.39 is 5.82 Å². The van der Waals surface area contributed by atoms with E-state index >= 15 is 0 Å². The standard InChI is InChI=1S/C20H26FN5O2/c1-4-22-19-18(21)20(24-12-23-19)26-10-9-17(11-26)28-16-7-5-15(6-8-16)13(2)25-14(3)27/h5-8,12-13,17H,4,9-11H2,1-3H3,(H,25,27)(H,22,23,24)/t13-,17+/m0/s1. The zero-order valence-electron chi connectivity index (χ0n) is 16.4. The minimum absolute atomic E-state index is 0.0458. The molecule has 1 aliphatic heterocycles. The van der Waals surface area contributed by atoms with Gasteiger partial charge in [-0.25, -0.2) is 9.97 Å². The van der Waals surface area contributed by atoms with Gasteiger partial charge in [0.25, 0.3) is 0 Å². The van der Waals surface area contributed by atoms with Crippen molar-refractivity contribution < 1.29 is 13.9 Å². The molecule has 7 nitrogen and oxygen atoms in total. The number of rotatable bonds is 7. The van der Waals surface area contributed by atoms with Crippen LogP contribution in [0.15, 0.2) is 30.6 Å². The van der Waals surface area contributed by atoms with Gasteiger partial charge in [0.2, 0.25) is 11.7 Å². The molecular weight excluding hydrogens is 361 g/mol. The van der Waals surface area contributed by atoms with E-state index in [-0.39, 0.29) is 23.9 Å². The van der Waals surface area contributed by atoms with Crippen LogP contribution in [0.5, 0.6) is 5.75 Å². The summed E-state index contributed by atoms with van der Waals surface area (Å²) in [5.41, 5.74) is 1.01. The molecule has 0 saturated carbocycles. The number of hydrogen-bond acceptors (Lipinski definition) is 6. The molecule has 1 saturated heterocycles. The molecule has 2 heterocycles. The highest BCUT2D eigenvalue weighted by atomic mass is 19.1. The van der Waals surface area contributed by atoms with E-state index in [4.69, 9.17) is 4.74 Å². The molecule has 28 heavy (non-hydrogen) atoms. The summed E-state index contributed by atoms with van der Waals surface area (Å²) in [5, 5.41) is 5.76. The van der Waals surface area contributed by atoms with Crippen molar-refractivity contribution in [2.45, 2.75) is 39.3 Å². The van der Waals surface area contributed by atoms with Gasteiger partial charge in [-0.15, -0.1) is 0 Å². The van der Waals surface area contributed by atoms with E-state index in [9.17, 15) is 9.18 Å². The summed E-state index contributed by atoms with van der Waals surface area (Å²) in [6.45, 7) is 7.15. The summed E-state index contributed by atoms with van der Waals surface area (Å²) in [7, 11) is 0. The Kier molecular flexibility index (Phi) is 6.28. The molecule has 1 aromatic carbocycles. The topological polar surface area (TPSA) is 79.4 Å². The smallest absolute Gasteiger partial charge is 0.217 e. The first-order chi connectivity index (χ1) is 13.5. The predicted molar refractivity (Wildman–Crippen MR) is 106 cm³/mol. The lowest BCUT2D eigenvalue weighted by atomic mass is 10.1. The van der Waals surface area contributed by atoms with Crippen molar-refractivity contribution in [3.8, 4) is 5.75 Å². The van der Waals surface area contributed by atoms with Crippen LogP contribution in [0.2, 0.25) is 0 Å². The fraction of sp³-hybridized carbons (Fsp3) is 0.450. The number of hydrogen-bond donors (Lipinski definition) is 2. The van der Waals surface area contributed by atoms with Crippen molar-refractivity contribution in [1.29, 1.82) is 0 Å². The Bertz CT molecular complexity index is 815. The average Bonchev–Trinajstić information content (AvgIpc) is 3.12. The summed E-state index contributed by atoms with van der Waals surface area (Å²) in [6.07, 6.45) is 2.11. The van der Waals surface area contributed by atoms with Crippen molar-refractivity contribution >= 4 is 17.5 Å². The lowest BCUT2D eigenvalue weighted by Crippen LogP contribution is -2.26. The van der Waals surface area contributed by atoms with Gasteiger partial charge in [0, 0.05) is 26.4 Å². The fourth-order valence-corrected chi connectivity index (χ4v) is 3.30. The normalized spacial score (nSPS) is 17.3. The van der Waals surface area contributed by atoms with E-state index in [0.29, 0.717) is 25.5 Å². The number of carbonyl (C=O) groups excluding carboxylic acids is 1. The quantitative estimate of drug-likeness (QED) is 0.761. The van der Waals surface area contributed by atoms with E-state index in [1.807, 2.05) is 43.0 Å². The van der Waals surface area contributed by atoms with Crippen LogP contribution < -0.4 is 20.3 Å². The second-order valence-electron chi connectivity index (χ2n) is 6.86. The fourth-order valence-electron chi connectivity index (χ4n) is 3.30. The molecule has 1 fully saturated rings. The van der Waals surface area contributed by atoms with Crippen LogP contribution >= 0.6 is 0 Å². The first-order valence-corrected chi connectivity index (χ1v) is 9.51. The second kappa shape index (κ2) is 8.86. The molecular formula is C20H26FN5O2. The van der Waals surface area contributed by atoms with Gasteiger partial charge < -0.3 is 20.3 Å². The van der Waals surface area contributed by atoms with Crippen LogP contribution in [0.3, 0.4) is 0 Å². The molecule has 2 aromatic rings. The lowest BCUT2D eigenvalue weighted by Gasteiger charge is -2.19. The number of amides is 1. The van der Waals surface area contributed by atoms with Crippen molar-refractivity contribution in [1.82, 2.24) is 15.3 Å². The molecule has 1 aliphatic rings.